The average Bonchev–Trinajstić information content (AvgIpc) is 2.67. The molecule has 2 nitrogen and oxygen atoms in total. The summed E-state index contributed by atoms with van der Waals surface area (Å²) < 4.78 is 40.0. The van der Waals surface area contributed by atoms with E-state index in [1.165, 1.54) is 0 Å². The van der Waals surface area contributed by atoms with Gasteiger partial charge in [0.1, 0.15) is 0 Å². The summed E-state index contributed by atoms with van der Waals surface area (Å²) in [4.78, 5) is 11.3. The normalized spacial score (nSPS) is 18.2. The fourth-order valence-corrected chi connectivity index (χ4v) is 1.72. The van der Waals surface area contributed by atoms with Crippen molar-refractivity contribution in [2.75, 3.05) is 6.61 Å². The highest BCUT2D eigenvalue weighted by molar-refractivity contribution is 5.72. The highest BCUT2D eigenvalue weighted by Gasteiger charge is 2.24. The van der Waals surface area contributed by atoms with E-state index >= 15 is 0 Å². The van der Waals surface area contributed by atoms with Crippen LogP contribution < -0.4 is 0 Å². The quantitative estimate of drug-likeness (QED) is 0.425. The van der Waals surface area contributed by atoms with E-state index < -0.39 is 6.18 Å². The fraction of sp³-hybridized carbons (Fsp3) is 0.727. The van der Waals surface area contributed by atoms with E-state index in [0.29, 0.717) is 0 Å². The van der Waals surface area contributed by atoms with E-state index in [0.717, 1.165) is 31.8 Å². The smallest absolute Gasteiger partial charge is 0.409 e. The zero-order chi connectivity index (χ0) is 12.0. The SMILES string of the molecule is O=C(OCC/C=C\C(F)(F)F)C1CCCC1. The molecule has 0 atom stereocenters. The molecular weight excluding hydrogens is 221 g/mol. The molecular formula is C11H15F3O2. The number of hydrogen-bond donors (Lipinski definition) is 0. The van der Waals surface area contributed by atoms with E-state index in [4.69, 9.17) is 4.74 Å². The van der Waals surface area contributed by atoms with Crippen LogP contribution in [0, 0.1) is 5.92 Å². The van der Waals surface area contributed by atoms with Gasteiger partial charge in [-0.2, -0.15) is 13.2 Å². The summed E-state index contributed by atoms with van der Waals surface area (Å²) in [6.45, 7) is 0.0297. The van der Waals surface area contributed by atoms with Crippen molar-refractivity contribution in [2.45, 2.75) is 38.3 Å². The number of rotatable bonds is 4. The number of carbonyl (C=O) groups excluding carboxylic acids is 1. The lowest BCUT2D eigenvalue weighted by Crippen LogP contribution is -2.15. The molecule has 1 aliphatic carbocycles. The molecule has 0 aromatic rings. The Bertz CT molecular complexity index is 252. The molecule has 0 N–H and O–H groups in total. The summed E-state index contributed by atoms with van der Waals surface area (Å²) >= 11 is 0. The molecule has 0 spiro atoms. The molecule has 0 amide bonds. The van der Waals surface area contributed by atoms with Crippen LogP contribution in [0.2, 0.25) is 0 Å². The largest absolute Gasteiger partial charge is 0.465 e. The van der Waals surface area contributed by atoms with Crippen molar-refractivity contribution in [1.82, 2.24) is 0 Å². The Hall–Kier alpha value is -1.00. The molecule has 1 rings (SSSR count). The maximum absolute atomic E-state index is 11.7. The minimum Gasteiger partial charge on any atom is -0.465 e. The van der Waals surface area contributed by atoms with Gasteiger partial charge in [-0.3, -0.25) is 4.79 Å². The van der Waals surface area contributed by atoms with Gasteiger partial charge in [0.2, 0.25) is 0 Å². The number of ether oxygens (including phenoxy) is 1. The van der Waals surface area contributed by atoms with Crippen molar-refractivity contribution in [1.29, 1.82) is 0 Å². The number of allylic oxidation sites excluding steroid dienone is 1. The summed E-state index contributed by atoms with van der Waals surface area (Å²) in [5.74, 6) is -0.301. The average molecular weight is 236 g/mol. The van der Waals surface area contributed by atoms with Crippen molar-refractivity contribution >= 4 is 5.97 Å². The van der Waals surface area contributed by atoms with Crippen LogP contribution in [0.1, 0.15) is 32.1 Å². The second kappa shape index (κ2) is 5.92. The maximum Gasteiger partial charge on any atom is 0.409 e. The molecule has 1 saturated carbocycles. The van der Waals surface area contributed by atoms with Gasteiger partial charge in [0.15, 0.2) is 0 Å². The van der Waals surface area contributed by atoms with Gasteiger partial charge in [-0.15, -0.1) is 0 Å². The maximum atomic E-state index is 11.7. The first kappa shape index (κ1) is 13.1. The van der Waals surface area contributed by atoms with Gasteiger partial charge < -0.3 is 4.74 Å². The van der Waals surface area contributed by atoms with Crippen LogP contribution in [-0.4, -0.2) is 18.8 Å². The Morgan fingerprint density at radius 1 is 1.31 bits per heavy atom. The molecule has 0 saturated heterocycles. The van der Waals surface area contributed by atoms with Gasteiger partial charge in [-0.1, -0.05) is 18.9 Å². The standard InChI is InChI=1S/C11H15F3O2/c12-11(13,14)7-3-4-8-16-10(15)9-5-1-2-6-9/h3,7,9H,1-2,4-6,8H2/b7-3-. The Morgan fingerprint density at radius 3 is 2.50 bits per heavy atom. The van der Waals surface area contributed by atoms with Gasteiger partial charge >= 0.3 is 12.1 Å². The molecule has 0 unspecified atom stereocenters. The number of esters is 1. The molecule has 92 valence electrons. The van der Waals surface area contributed by atoms with Crippen LogP contribution in [0.5, 0.6) is 0 Å². The fourth-order valence-electron chi connectivity index (χ4n) is 1.72. The lowest BCUT2D eigenvalue weighted by molar-refractivity contribution is -0.148. The highest BCUT2D eigenvalue weighted by atomic mass is 19.4. The lowest BCUT2D eigenvalue weighted by Gasteiger charge is -2.08. The van der Waals surface area contributed by atoms with Crippen LogP contribution in [0.4, 0.5) is 13.2 Å². The van der Waals surface area contributed by atoms with Crippen LogP contribution in [0.15, 0.2) is 12.2 Å². The van der Waals surface area contributed by atoms with Crippen molar-refractivity contribution in [3.8, 4) is 0 Å². The second-order valence-corrected chi connectivity index (χ2v) is 3.88. The first-order valence-electron chi connectivity index (χ1n) is 5.40. The summed E-state index contributed by atoms with van der Waals surface area (Å²) in [5.41, 5.74) is 0. The predicted octanol–water partition coefficient (Wildman–Crippen LogP) is 3.23. The van der Waals surface area contributed by atoms with Crippen LogP contribution in [0.3, 0.4) is 0 Å². The van der Waals surface area contributed by atoms with E-state index in [2.05, 4.69) is 0 Å². The lowest BCUT2D eigenvalue weighted by atomic mass is 10.1. The van der Waals surface area contributed by atoms with E-state index in [1.807, 2.05) is 0 Å². The van der Waals surface area contributed by atoms with Crippen molar-refractivity contribution in [3.05, 3.63) is 12.2 Å². The van der Waals surface area contributed by atoms with Gasteiger partial charge in [-0.25, -0.2) is 0 Å². The predicted molar refractivity (Wildman–Crippen MR) is 52.7 cm³/mol. The molecule has 0 aliphatic heterocycles. The van der Waals surface area contributed by atoms with Crippen molar-refractivity contribution < 1.29 is 22.7 Å². The van der Waals surface area contributed by atoms with Gasteiger partial charge in [-0.05, 0) is 19.3 Å². The minimum atomic E-state index is -4.28. The number of halogens is 3. The molecule has 0 radical (unpaired) electrons. The number of hydrogen-bond acceptors (Lipinski definition) is 2. The van der Waals surface area contributed by atoms with E-state index in [-0.39, 0.29) is 31.0 Å². The molecule has 16 heavy (non-hydrogen) atoms. The van der Waals surface area contributed by atoms with Crippen molar-refractivity contribution in [3.63, 3.8) is 0 Å². The molecule has 0 heterocycles. The monoisotopic (exact) mass is 236 g/mol. The van der Waals surface area contributed by atoms with Crippen LogP contribution in [-0.2, 0) is 9.53 Å². The summed E-state index contributed by atoms with van der Waals surface area (Å²) in [6.07, 6.45) is 0.724. The molecule has 0 bridgehead atoms. The van der Waals surface area contributed by atoms with Gasteiger partial charge in [0.05, 0.1) is 12.5 Å². The summed E-state index contributed by atoms with van der Waals surface area (Å²) in [6, 6.07) is 0. The molecule has 0 aromatic carbocycles. The van der Waals surface area contributed by atoms with Gasteiger partial charge in [0.25, 0.3) is 0 Å². The highest BCUT2D eigenvalue weighted by Crippen LogP contribution is 2.25. The van der Waals surface area contributed by atoms with Crippen LogP contribution >= 0.6 is 0 Å². The zero-order valence-electron chi connectivity index (χ0n) is 8.93. The topological polar surface area (TPSA) is 26.3 Å². The summed E-state index contributed by atoms with van der Waals surface area (Å²) in [5, 5.41) is 0. The Labute approximate surface area is 92.5 Å². The molecule has 1 aliphatic rings. The van der Waals surface area contributed by atoms with Crippen molar-refractivity contribution in [2.24, 2.45) is 5.92 Å². The van der Waals surface area contributed by atoms with Crippen LogP contribution in [0.25, 0.3) is 0 Å². The third-order valence-electron chi connectivity index (χ3n) is 2.52. The minimum absolute atomic E-state index is 0.0297. The Balaban J connectivity index is 2.11. The Morgan fingerprint density at radius 2 is 1.94 bits per heavy atom. The van der Waals surface area contributed by atoms with Gasteiger partial charge in [0, 0.05) is 6.08 Å². The third-order valence-corrected chi connectivity index (χ3v) is 2.52. The molecule has 1 fully saturated rings. The Kier molecular flexibility index (Phi) is 4.83. The first-order valence-corrected chi connectivity index (χ1v) is 5.40. The second-order valence-electron chi connectivity index (χ2n) is 3.88. The zero-order valence-corrected chi connectivity index (χ0v) is 8.93. The third kappa shape index (κ3) is 5.19. The molecule has 0 aromatic heterocycles. The number of carbonyl (C=O) groups is 1. The van der Waals surface area contributed by atoms with E-state index in [9.17, 15) is 18.0 Å². The number of alkyl halides is 3. The van der Waals surface area contributed by atoms with E-state index in [1.54, 1.807) is 0 Å². The summed E-state index contributed by atoms with van der Waals surface area (Å²) in [7, 11) is 0. The molecule has 5 heteroatoms. The first-order chi connectivity index (χ1) is 7.49.